The number of ether oxygens (including phenoxy) is 2. The molecule has 0 radical (unpaired) electrons. The molecule has 49 heavy (non-hydrogen) atoms. The standard InChI is InChI=1S/C45H58N2O2/c1-30(2)9-8-10-31(3)40-19-20-41-39-18-16-36-27-37(21-23-44(36,5)42(39)22-24-45(40,41)6)48-29-34-13-11-33(12-14-34)15-17-38-26-35(25-32(4)49-38)43(28-46)47-7/h11-17,25-26,30-31,37,39-42H,8-10,18-24,27,29H2,1-6H3/b17-15+,43-35?/t31-,37?,39+,40-,41+,42+,44+,45-/m1/s1. The molecule has 4 nitrogen and oxygen atoms in total. The predicted molar refractivity (Wildman–Crippen MR) is 199 cm³/mol. The van der Waals surface area contributed by atoms with Crippen LogP contribution in [0.4, 0.5) is 0 Å². The Morgan fingerprint density at radius 1 is 1.04 bits per heavy atom. The summed E-state index contributed by atoms with van der Waals surface area (Å²) in [5, 5.41) is 9.25. The van der Waals surface area contributed by atoms with Crippen molar-refractivity contribution in [3.05, 3.63) is 99.5 Å². The van der Waals surface area contributed by atoms with Gasteiger partial charge in [0.1, 0.15) is 11.5 Å². The van der Waals surface area contributed by atoms with Crippen LogP contribution >= 0.6 is 0 Å². The molecule has 3 saturated carbocycles. The van der Waals surface area contributed by atoms with E-state index in [2.05, 4.69) is 69.8 Å². The van der Waals surface area contributed by atoms with Gasteiger partial charge in [0, 0.05) is 0 Å². The average Bonchev–Trinajstić information content (AvgIpc) is 3.44. The molecule has 3 fully saturated rings. The molecule has 1 aliphatic heterocycles. The molecule has 0 amide bonds. The number of nitrogens with zero attached hydrogens (tertiary/aromatic N) is 2. The number of hydrogen-bond acceptors (Lipinski definition) is 3. The first-order valence-corrected chi connectivity index (χ1v) is 19.2. The summed E-state index contributed by atoms with van der Waals surface area (Å²) < 4.78 is 12.4. The zero-order valence-corrected chi connectivity index (χ0v) is 30.9. The summed E-state index contributed by atoms with van der Waals surface area (Å²) in [6.45, 7) is 22.4. The highest BCUT2D eigenvalue weighted by Crippen LogP contribution is 2.67. The van der Waals surface area contributed by atoms with Crippen molar-refractivity contribution < 1.29 is 9.47 Å². The molecule has 4 heteroatoms. The minimum atomic E-state index is 0.0704. The molecule has 1 aromatic rings. The summed E-state index contributed by atoms with van der Waals surface area (Å²) in [5.74, 6) is 6.53. The van der Waals surface area contributed by atoms with Gasteiger partial charge in [0.2, 0.25) is 0 Å². The van der Waals surface area contributed by atoms with Gasteiger partial charge in [0.25, 0.3) is 5.70 Å². The number of fused-ring (bicyclic) bond motifs is 5. The lowest BCUT2D eigenvalue weighted by Crippen LogP contribution is -2.51. The van der Waals surface area contributed by atoms with E-state index in [-0.39, 0.29) is 5.70 Å². The second kappa shape index (κ2) is 14.9. The molecule has 0 bridgehead atoms. The van der Waals surface area contributed by atoms with Crippen molar-refractivity contribution >= 4 is 6.08 Å². The maximum absolute atomic E-state index is 9.25. The summed E-state index contributed by atoms with van der Waals surface area (Å²) in [7, 11) is 0. The zero-order valence-electron chi connectivity index (χ0n) is 30.9. The highest BCUT2D eigenvalue weighted by Gasteiger charge is 2.59. The van der Waals surface area contributed by atoms with Gasteiger partial charge < -0.3 is 9.47 Å². The Morgan fingerprint density at radius 3 is 2.57 bits per heavy atom. The highest BCUT2D eigenvalue weighted by atomic mass is 16.5. The summed E-state index contributed by atoms with van der Waals surface area (Å²) in [6, 6.07) is 10.5. The lowest BCUT2D eigenvalue weighted by Gasteiger charge is -2.58. The third kappa shape index (κ3) is 7.42. The third-order valence-corrected chi connectivity index (χ3v) is 13.6. The summed E-state index contributed by atoms with van der Waals surface area (Å²) in [4.78, 5) is 3.33. The van der Waals surface area contributed by atoms with Crippen molar-refractivity contribution in [2.24, 2.45) is 46.3 Å². The minimum absolute atomic E-state index is 0.0704. The smallest absolute Gasteiger partial charge is 0.269 e. The van der Waals surface area contributed by atoms with Gasteiger partial charge in [-0.05, 0) is 140 Å². The van der Waals surface area contributed by atoms with Crippen molar-refractivity contribution in [2.45, 2.75) is 125 Å². The van der Waals surface area contributed by atoms with E-state index in [1.807, 2.05) is 25.1 Å². The molecule has 6 rings (SSSR count). The van der Waals surface area contributed by atoms with E-state index in [4.69, 9.17) is 16.0 Å². The van der Waals surface area contributed by atoms with Crippen molar-refractivity contribution in [3.63, 3.8) is 0 Å². The van der Waals surface area contributed by atoms with Crippen LogP contribution in [0.3, 0.4) is 0 Å². The van der Waals surface area contributed by atoms with E-state index in [1.54, 1.807) is 17.7 Å². The average molecular weight is 659 g/mol. The Kier molecular flexibility index (Phi) is 10.8. The third-order valence-electron chi connectivity index (χ3n) is 13.6. The minimum Gasteiger partial charge on any atom is -0.462 e. The highest BCUT2D eigenvalue weighted by molar-refractivity contribution is 5.56. The van der Waals surface area contributed by atoms with Crippen LogP contribution in [-0.2, 0) is 16.1 Å². The molecular formula is C45H58N2O2. The Labute approximate surface area is 296 Å². The fourth-order valence-electron chi connectivity index (χ4n) is 10.9. The Hall–Kier alpha value is -3.34. The zero-order chi connectivity index (χ0) is 34.8. The van der Waals surface area contributed by atoms with Crippen LogP contribution in [0.2, 0.25) is 0 Å². The topological polar surface area (TPSA) is 46.6 Å². The maximum atomic E-state index is 9.25. The Morgan fingerprint density at radius 2 is 1.84 bits per heavy atom. The van der Waals surface area contributed by atoms with E-state index in [9.17, 15) is 5.26 Å². The van der Waals surface area contributed by atoms with Crippen LogP contribution < -0.4 is 0 Å². The molecule has 0 N–H and O–H groups in total. The number of nitriles is 1. The molecule has 1 unspecified atom stereocenters. The second-order valence-electron chi connectivity index (χ2n) is 17.0. The van der Waals surface area contributed by atoms with Gasteiger partial charge in [-0.15, -0.1) is 0 Å². The second-order valence-corrected chi connectivity index (χ2v) is 17.0. The van der Waals surface area contributed by atoms with Gasteiger partial charge in [-0.1, -0.05) is 95.9 Å². The SMILES string of the molecule is [C-]#[N+]C(C#N)=C1C=C(C)OC(/C=C/c2ccc(COC3CC[C@@]4(C)C(=CC[C@H]5[C@@H]6CC[C@H]([C@H](C)CCCC(C)C)[C@@]6(C)CC[C@@H]54)C3)cc2)=C1. The van der Waals surface area contributed by atoms with E-state index in [0.29, 0.717) is 40.6 Å². The van der Waals surface area contributed by atoms with Gasteiger partial charge in [0.15, 0.2) is 0 Å². The van der Waals surface area contributed by atoms with Gasteiger partial charge in [-0.3, -0.25) is 0 Å². The van der Waals surface area contributed by atoms with Crippen molar-refractivity contribution in [2.75, 3.05) is 0 Å². The van der Waals surface area contributed by atoms with E-state index >= 15 is 0 Å². The number of rotatable bonds is 10. The van der Waals surface area contributed by atoms with Gasteiger partial charge >= 0.3 is 0 Å². The Bertz CT molecular complexity index is 1590. The molecule has 0 saturated heterocycles. The molecule has 1 heterocycles. The molecule has 8 atom stereocenters. The number of hydrogen-bond donors (Lipinski definition) is 0. The lowest BCUT2D eigenvalue weighted by molar-refractivity contribution is -0.0656. The van der Waals surface area contributed by atoms with Crippen LogP contribution in [0, 0.1) is 64.2 Å². The van der Waals surface area contributed by atoms with Crippen LogP contribution in [0.1, 0.15) is 123 Å². The molecule has 4 aliphatic carbocycles. The fraction of sp³-hybridized carbons (Fsp3) is 0.600. The first-order chi connectivity index (χ1) is 23.5. The summed E-state index contributed by atoms with van der Waals surface area (Å²) in [6.07, 6.45) is 25.1. The quantitative estimate of drug-likeness (QED) is 0.143. The van der Waals surface area contributed by atoms with Gasteiger partial charge in [-0.2, -0.15) is 0 Å². The van der Waals surface area contributed by atoms with Crippen LogP contribution in [0.25, 0.3) is 10.9 Å². The van der Waals surface area contributed by atoms with Crippen LogP contribution in [0.5, 0.6) is 0 Å². The predicted octanol–water partition coefficient (Wildman–Crippen LogP) is 12.1. The molecule has 0 aromatic heterocycles. The van der Waals surface area contributed by atoms with E-state index < -0.39 is 0 Å². The molecule has 260 valence electrons. The molecule has 0 spiro atoms. The van der Waals surface area contributed by atoms with Crippen molar-refractivity contribution in [1.29, 1.82) is 5.26 Å². The fourth-order valence-corrected chi connectivity index (χ4v) is 10.9. The summed E-state index contributed by atoms with van der Waals surface area (Å²) >= 11 is 0. The molecule has 5 aliphatic rings. The van der Waals surface area contributed by atoms with Crippen LogP contribution in [0.15, 0.2) is 76.9 Å². The van der Waals surface area contributed by atoms with Crippen molar-refractivity contribution in [3.8, 4) is 6.07 Å². The first kappa shape index (κ1) is 35.5. The Balaban J connectivity index is 1.03. The largest absolute Gasteiger partial charge is 0.462 e. The lowest BCUT2D eigenvalue weighted by atomic mass is 9.47. The first-order valence-electron chi connectivity index (χ1n) is 19.2. The summed E-state index contributed by atoms with van der Waals surface area (Å²) in [5.41, 5.74) is 5.51. The van der Waals surface area contributed by atoms with E-state index in [0.717, 1.165) is 53.9 Å². The number of benzene rings is 1. The maximum Gasteiger partial charge on any atom is 0.269 e. The normalized spacial score (nSPS) is 34.0. The van der Waals surface area contributed by atoms with Gasteiger partial charge in [0.05, 0.1) is 25.4 Å². The molecule has 1 aromatic carbocycles. The van der Waals surface area contributed by atoms with E-state index in [1.165, 1.54) is 63.4 Å². The van der Waals surface area contributed by atoms with Gasteiger partial charge in [-0.25, -0.2) is 10.1 Å². The monoisotopic (exact) mass is 658 g/mol. The number of allylic oxidation sites excluding steroid dienone is 7. The van der Waals surface area contributed by atoms with Crippen molar-refractivity contribution in [1.82, 2.24) is 0 Å². The molecular weight excluding hydrogens is 601 g/mol. The van der Waals surface area contributed by atoms with Crippen LogP contribution in [-0.4, -0.2) is 6.10 Å².